The van der Waals surface area contributed by atoms with Crippen molar-refractivity contribution >= 4 is 11.4 Å². The van der Waals surface area contributed by atoms with E-state index in [0.717, 1.165) is 24.2 Å². The van der Waals surface area contributed by atoms with Crippen LogP contribution in [0.25, 0.3) is 33.4 Å². The van der Waals surface area contributed by atoms with Crippen molar-refractivity contribution in [3.05, 3.63) is 130 Å². The molecule has 3 aliphatic rings. The van der Waals surface area contributed by atoms with Crippen LogP contribution in [0.15, 0.2) is 91.0 Å². The van der Waals surface area contributed by atoms with Gasteiger partial charge in [0, 0.05) is 16.9 Å². The number of benzene rings is 5. The summed E-state index contributed by atoms with van der Waals surface area (Å²) in [6.07, 6.45) is 1.95. The number of rotatable bonds is 1. The van der Waals surface area contributed by atoms with Gasteiger partial charge >= 0.3 is 0 Å². The highest BCUT2D eigenvalue weighted by atomic mass is 14.6. The van der Waals surface area contributed by atoms with E-state index in [9.17, 15) is 0 Å². The first-order valence-electron chi connectivity index (χ1n) is 12.8. The smallest absolute Gasteiger partial charge is 0.0727 e. The van der Waals surface area contributed by atoms with Gasteiger partial charge in [-0.1, -0.05) is 79.7 Å². The molecule has 5 aromatic carbocycles. The first-order valence-corrected chi connectivity index (χ1v) is 12.8. The Morgan fingerprint density at radius 2 is 1.31 bits per heavy atom. The minimum atomic E-state index is -0.418. The van der Waals surface area contributed by atoms with E-state index in [4.69, 9.17) is 11.5 Å². The van der Waals surface area contributed by atoms with Crippen LogP contribution in [-0.2, 0) is 18.3 Å². The molecule has 0 amide bonds. The highest BCUT2D eigenvalue weighted by Crippen LogP contribution is 2.65. The van der Waals surface area contributed by atoms with Gasteiger partial charge in [0.2, 0.25) is 0 Å². The number of anilines is 2. The highest BCUT2D eigenvalue weighted by molar-refractivity contribution is 6.02. The summed E-state index contributed by atoms with van der Waals surface area (Å²) in [6.45, 7) is 2.24. The summed E-state index contributed by atoms with van der Waals surface area (Å²) < 4.78 is 0. The second-order valence-corrected chi connectivity index (χ2v) is 10.4. The molecule has 0 unspecified atom stereocenters. The van der Waals surface area contributed by atoms with Crippen molar-refractivity contribution in [1.29, 1.82) is 0 Å². The van der Waals surface area contributed by atoms with E-state index in [1.54, 1.807) is 0 Å². The number of hydrogen-bond acceptors (Lipinski definition) is 2. The van der Waals surface area contributed by atoms with Crippen LogP contribution in [0.2, 0.25) is 0 Å². The maximum Gasteiger partial charge on any atom is 0.0727 e. The van der Waals surface area contributed by atoms with Gasteiger partial charge in [-0.3, -0.25) is 0 Å². The van der Waals surface area contributed by atoms with Crippen LogP contribution in [0.5, 0.6) is 0 Å². The van der Waals surface area contributed by atoms with Crippen LogP contribution in [0, 0.1) is 0 Å². The predicted molar refractivity (Wildman–Crippen MR) is 149 cm³/mol. The molecule has 172 valence electrons. The Kier molecular flexibility index (Phi) is 3.70. The summed E-state index contributed by atoms with van der Waals surface area (Å²) in [5.41, 5.74) is 31.9. The van der Waals surface area contributed by atoms with Crippen molar-refractivity contribution < 1.29 is 0 Å². The average molecular weight is 463 g/mol. The molecule has 0 radical (unpaired) electrons. The summed E-state index contributed by atoms with van der Waals surface area (Å²) in [5.74, 6) is 0. The molecule has 2 heteroatoms. The molecule has 0 bridgehead atoms. The van der Waals surface area contributed by atoms with Gasteiger partial charge in [0.25, 0.3) is 0 Å². The van der Waals surface area contributed by atoms with Crippen LogP contribution in [0.1, 0.15) is 45.9 Å². The van der Waals surface area contributed by atoms with Crippen molar-refractivity contribution in [3.63, 3.8) is 0 Å². The van der Waals surface area contributed by atoms with Crippen LogP contribution in [0.4, 0.5) is 11.4 Å². The number of nitrogen functional groups attached to an aromatic ring is 2. The second-order valence-electron chi connectivity index (χ2n) is 10.4. The zero-order valence-electron chi connectivity index (χ0n) is 20.2. The van der Waals surface area contributed by atoms with Crippen molar-refractivity contribution in [2.45, 2.75) is 25.2 Å². The van der Waals surface area contributed by atoms with E-state index in [1.807, 2.05) is 0 Å². The van der Waals surface area contributed by atoms with Gasteiger partial charge in [-0.05, 0) is 97.8 Å². The third-order valence-electron chi connectivity index (χ3n) is 8.81. The fourth-order valence-electron chi connectivity index (χ4n) is 7.50. The van der Waals surface area contributed by atoms with E-state index >= 15 is 0 Å². The Labute approximate surface area is 211 Å². The Morgan fingerprint density at radius 1 is 0.611 bits per heavy atom. The molecule has 2 nitrogen and oxygen atoms in total. The zero-order valence-corrected chi connectivity index (χ0v) is 20.2. The Morgan fingerprint density at radius 3 is 2.03 bits per heavy atom. The van der Waals surface area contributed by atoms with Crippen LogP contribution < -0.4 is 11.5 Å². The maximum absolute atomic E-state index is 6.98. The van der Waals surface area contributed by atoms with E-state index in [0.29, 0.717) is 0 Å². The van der Waals surface area contributed by atoms with Gasteiger partial charge in [-0.2, -0.15) is 0 Å². The van der Waals surface area contributed by atoms with Crippen LogP contribution >= 0.6 is 0 Å². The lowest BCUT2D eigenvalue weighted by Crippen LogP contribution is -2.26. The summed E-state index contributed by atoms with van der Waals surface area (Å²) in [5, 5.41) is 0. The van der Waals surface area contributed by atoms with Gasteiger partial charge in [-0.15, -0.1) is 0 Å². The minimum Gasteiger partial charge on any atom is -0.399 e. The Bertz CT molecular complexity index is 1730. The van der Waals surface area contributed by atoms with Crippen molar-refractivity contribution in [1.82, 2.24) is 0 Å². The quantitative estimate of drug-likeness (QED) is 0.251. The van der Waals surface area contributed by atoms with Crippen molar-refractivity contribution in [2.24, 2.45) is 0 Å². The topological polar surface area (TPSA) is 52.0 Å². The third kappa shape index (κ3) is 2.15. The van der Waals surface area contributed by atoms with Gasteiger partial charge < -0.3 is 11.5 Å². The number of fused-ring (bicyclic) bond motifs is 14. The average Bonchev–Trinajstić information content (AvgIpc) is 3.53. The molecule has 5 aromatic rings. The summed E-state index contributed by atoms with van der Waals surface area (Å²) >= 11 is 0. The van der Waals surface area contributed by atoms with Crippen molar-refractivity contribution in [2.75, 3.05) is 11.5 Å². The molecule has 0 aromatic heterocycles. The molecule has 1 spiro atoms. The number of nitrogens with two attached hydrogens (primary N) is 2. The predicted octanol–water partition coefficient (Wildman–Crippen LogP) is 7.33. The molecule has 4 N–H and O–H groups in total. The summed E-state index contributed by atoms with van der Waals surface area (Å²) in [6, 6.07) is 33.2. The molecule has 0 atom stereocenters. The van der Waals surface area contributed by atoms with Crippen molar-refractivity contribution in [3.8, 4) is 33.4 Å². The minimum absolute atomic E-state index is 0.418. The van der Waals surface area contributed by atoms with Crippen LogP contribution in [0.3, 0.4) is 0 Å². The Balaban J connectivity index is 1.55. The fraction of sp³-hybridized carbons (Fsp3) is 0.118. The molecule has 0 saturated heterocycles. The first kappa shape index (κ1) is 19.9. The first-order chi connectivity index (χ1) is 17.6. The fourth-order valence-corrected chi connectivity index (χ4v) is 7.50. The van der Waals surface area contributed by atoms with E-state index in [-0.39, 0.29) is 0 Å². The second kappa shape index (κ2) is 6.67. The molecule has 36 heavy (non-hydrogen) atoms. The van der Waals surface area contributed by atoms with E-state index in [2.05, 4.69) is 97.9 Å². The van der Waals surface area contributed by atoms with Gasteiger partial charge in [0.1, 0.15) is 0 Å². The van der Waals surface area contributed by atoms with E-state index in [1.165, 1.54) is 72.3 Å². The molecular weight excluding hydrogens is 436 g/mol. The van der Waals surface area contributed by atoms with Gasteiger partial charge in [-0.25, -0.2) is 0 Å². The summed E-state index contributed by atoms with van der Waals surface area (Å²) in [7, 11) is 0. The molecule has 0 aliphatic heterocycles. The van der Waals surface area contributed by atoms with Gasteiger partial charge in [0.05, 0.1) is 5.41 Å². The normalized spacial score (nSPS) is 14.7. The standard InChI is InChI=1S/C34H26N2/c1-2-19-8-7-11-23-25(19)17-26-32-24-15-14-20(35)16-29(24)34(30(32)18-31(36)33(23)26)27-12-5-3-9-21(27)22-10-4-6-13-28(22)34/h3-16,18H,2,17,35-36H2,1H3. The lowest BCUT2D eigenvalue weighted by molar-refractivity contribution is 0.794. The summed E-state index contributed by atoms with van der Waals surface area (Å²) in [4.78, 5) is 0. The molecule has 8 rings (SSSR count). The lowest BCUT2D eigenvalue weighted by atomic mass is 9.70. The van der Waals surface area contributed by atoms with Crippen LogP contribution in [-0.4, -0.2) is 0 Å². The molecule has 3 aliphatic carbocycles. The van der Waals surface area contributed by atoms with Gasteiger partial charge in [0.15, 0.2) is 0 Å². The third-order valence-corrected chi connectivity index (χ3v) is 8.81. The zero-order chi connectivity index (χ0) is 24.2. The SMILES string of the molecule is CCc1cccc2c1Cc1c-2c(N)cc2c1-c1ccc(N)cc1C21c2ccccc2-c2ccccc21. The molecule has 0 saturated carbocycles. The molecule has 0 fully saturated rings. The lowest BCUT2D eigenvalue weighted by Gasteiger charge is -2.31. The largest absolute Gasteiger partial charge is 0.399 e. The number of aryl methyl sites for hydroxylation is 1. The van der Waals surface area contributed by atoms with E-state index < -0.39 is 5.41 Å². The molecule has 0 heterocycles. The Hall–Kier alpha value is -4.30. The highest BCUT2D eigenvalue weighted by Gasteiger charge is 2.53. The monoisotopic (exact) mass is 462 g/mol. The molecular formula is C34H26N2. The maximum atomic E-state index is 6.98. The number of hydrogen-bond donors (Lipinski definition) is 2.